The highest BCUT2D eigenvalue weighted by Gasteiger charge is 2.16. The molecule has 1 unspecified atom stereocenters. The van der Waals surface area contributed by atoms with E-state index in [0.717, 1.165) is 0 Å². The first-order valence-corrected chi connectivity index (χ1v) is 6.63. The van der Waals surface area contributed by atoms with Crippen LogP contribution in [0.3, 0.4) is 0 Å². The number of hydrogen-bond donors (Lipinski definition) is 2. The Hall–Kier alpha value is -2.07. The summed E-state index contributed by atoms with van der Waals surface area (Å²) in [4.78, 5) is 10.8. The average molecular weight is 273 g/mol. The number of hydrogen-bond acceptors (Lipinski definition) is 3. The minimum absolute atomic E-state index is 0.0309. The third-order valence-electron chi connectivity index (χ3n) is 3.34. The summed E-state index contributed by atoms with van der Waals surface area (Å²) in [6.07, 6.45) is 0. The molecule has 0 spiro atoms. The van der Waals surface area contributed by atoms with Crippen molar-refractivity contribution in [3.05, 3.63) is 59.0 Å². The normalized spacial score (nSPS) is 13.9. The summed E-state index contributed by atoms with van der Waals surface area (Å²) >= 11 is 0. The second kappa shape index (κ2) is 5.92. The fraction of sp³-hybridized carbons (Fsp3) is 0.312. The topological polar surface area (TPSA) is 62.5 Å². The van der Waals surface area contributed by atoms with E-state index >= 15 is 0 Å². The van der Waals surface area contributed by atoms with Gasteiger partial charge in [0.2, 0.25) is 5.76 Å². The summed E-state index contributed by atoms with van der Waals surface area (Å²) in [6, 6.07) is 11.6. The fourth-order valence-corrected chi connectivity index (χ4v) is 2.11. The van der Waals surface area contributed by atoms with E-state index in [1.807, 2.05) is 6.92 Å². The van der Waals surface area contributed by atoms with Crippen LogP contribution in [0, 0.1) is 6.92 Å². The van der Waals surface area contributed by atoms with Crippen LogP contribution in [0.4, 0.5) is 0 Å². The standard InChI is InChI=1S/C16H19NO3/c1-10-4-6-13(7-5-10)11(2)17-12(3)14-8-9-15(20-14)16(18)19/h4-9,11-12,17H,1-3H3,(H,18,19)/t11-,12?/m0/s1. The lowest BCUT2D eigenvalue weighted by molar-refractivity contribution is 0.0659. The lowest BCUT2D eigenvalue weighted by Gasteiger charge is -2.19. The molecule has 0 bridgehead atoms. The van der Waals surface area contributed by atoms with Crippen molar-refractivity contribution in [2.75, 3.05) is 0 Å². The molecule has 2 atom stereocenters. The zero-order valence-electron chi connectivity index (χ0n) is 11.9. The Morgan fingerprint density at radius 1 is 1.10 bits per heavy atom. The predicted molar refractivity (Wildman–Crippen MR) is 76.8 cm³/mol. The van der Waals surface area contributed by atoms with Gasteiger partial charge in [-0.1, -0.05) is 29.8 Å². The fourth-order valence-electron chi connectivity index (χ4n) is 2.11. The molecule has 0 saturated carbocycles. The molecule has 1 aromatic carbocycles. The van der Waals surface area contributed by atoms with Gasteiger partial charge in [-0.05, 0) is 38.5 Å². The van der Waals surface area contributed by atoms with Gasteiger partial charge in [-0.25, -0.2) is 4.79 Å². The van der Waals surface area contributed by atoms with Crippen LogP contribution in [0.15, 0.2) is 40.8 Å². The second-order valence-electron chi connectivity index (χ2n) is 5.03. The molecule has 4 nitrogen and oxygen atoms in total. The van der Waals surface area contributed by atoms with Crippen LogP contribution in [0.2, 0.25) is 0 Å². The Balaban J connectivity index is 2.04. The van der Waals surface area contributed by atoms with Gasteiger partial charge in [0, 0.05) is 6.04 Å². The van der Waals surface area contributed by atoms with Crippen LogP contribution in [-0.4, -0.2) is 11.1 Å². The number of aromatic carboxylic acids is 1. The number of carbonyl (C=O) groups is 1. The van der Waals surface area contributed by atoms with Crippen LogP contribution >= 0.6 is 0 Å². The van der Waals surface area contributed by atoms with Crippen LogP contribution in [0.25, 0.3) is 0 Å². The molecule has 0 radical (unpaired) electrons. The van der Waals surface area contributed by atoms with E-state index in [4.69, 9.17) is 9.52 Å². The average Bonchev–Trinajstić information content (AvgIpc) is 2.89. The predicted octanol–water partition coefficient (Wildman–Crippen LogP) is 3.70. The maximum atomic E-state index is 10.8. The first-order valence-electron chi connectivity index (χ1n) is 6.63. The van der Waals surface area contributed by atoms with E-state index in [1.54, 1.807) is 6.07 Å². The van der Waals surface area contributed by atoms with E-state index in [-0.39, 0.29) is 17.8 Å². The second-order valence-corrected chi connectivity index (χ2v) is 5.03. The highest BCUT2D eigenvalue weighted by Crippen LogP contribution is 2.21. The van der Waals surface area contributed by atoms with Crippen molar-refractivity contribution in [2.24, 2.45) is 0 Å². The lowest BCUT2D eigenvalue weighted by atomic mass is 10.1. The van der Waals surface area contributed by atoms with E-state index in [2.05, 4.69) is 43.4 Å². The minimum Gasteiger partial charge on any atom is -0.475 e. The Morgan fingerprint density at radius 3 is 2.30 bits per heavy atom. The first-order chi connectivity index (χ1) is 9.47. The Bertz CT molecular complexity index is 586. The monoisotopic (exact) mass is 273 g/mol. The minimum atomic E-state index is -1.05. The largest absolute Gasteiger partial charge is 0.475 e. The number of benzene rings is 1. The number of rotatable bonds is 5. The van der Waals surface area contributed by atoms with Gasteiger partial charge >= 0.3 is 5.97 Å². The summed E-state index contributed by atoms with van der Waals surface area (Å²) in [5.74, 6) is -0.451. The van der Waals surface area contributed by atoms with Gasteiger partial charge in [-0.2, -0.15) is 0 Å². The molecule has 2 aromatic rings. The van der Waals surface area contributed by atoms with Gasteiger partial charge in [-0.15, -0.1) is 0 Å². The number of aryl methyl sites for hydroxylation is 1. The Morgan fingerprint density at radius 2 is 1.75 bits per heavy atom. The molecule has 20 heavy (non-hydrogen) atoms. The van der Waals surface area contributed by atoms with Crippen molar-refractivity contribution in [3.8, 4) is 0 Å². The highest BCUT2D eigenvalue weighted by atomic mass is 16.4. The molecule has 0 aliphatic rings. The number of nitrogens with one attached hydrogen (secondary N) is 1. The quantitative estimate of drug-likeness (QED) is 0.872. The number of carboxylic acid groups (broad SMARTS) is 1. The van der Waals surface area contributed by atoms with Gasteiger partial charge in [-0.3, -0.25) is 0 Å². The molecule has 0 saturated heterocycles. The van der Waals surface area contributed by atoms with Gasteiger partial charge in [0.1, 0.15) is 5.76 Å². The van der Waals surface area contributed by atoms with E-state index in [1.165, 1.54) is 17.2 Å². The molecule has 2 N–H and O–H groups in total. The third kappa shape index (κ3) is 3.27. The molecule has 106 valence electrons. The zero-order chi connectivity index (χ0) is 14.7. The van der Waals surface area contributed by atoms with Crippen LogP contribution in [-0.2, 0) is 0 Å². The number of furan rings is 1. The lowest BCUT2D eigenvalue weighted by Crippen LogP contribution is -2.22. The maximum absolute atomic E-state index is 10.8. The molecule has 0 aliphatic carbocycles. The molecule has 1 aromatic heterocycles. The summed E-state index contributed by atoms with van der Waals surface area (Å²) in [7, 11) is 0. The highest BCUT2D eigenvalue weighted by molar-refractivity contribution is 5.84. The van der Waals surface area contributed by atoms with Gasteiger partial charge < -0.3 is 14.8 Å². The van der Waals surface area contributed by atoms with E-state index in [9.17, 15) is 4.79 Å². The van der Waals surface area contributed by atoms with Crippen LogP contribution in [0.1, 0.15) is 53.4 Å². The van der Waals surface area contributed by atoms with Crippen molar-refractivity contribution < 1.29 is 14.3 Å². The third-order valence-corrected chi connectivity index (χ3v) is 3.34. The van der Waals surface area contributed by atoms with Crippen molar-refractivity contribution in [1.29, 1.82) is 0 Å². The van der Waals surface area contributed by atoms with E-state index in [0.29, 0.717) is 5.76 Å². The van der Waals surface area contributed by atoms with Gasteiger partial charge in [0.05, 0.1) is 6.04 Å². The zero-order valence-corrected chi connectivity index (χ0v) is 11.9. The Labute approximate surface area is 118 Å². The summed E-state index contributed by atoms with van der Waals surface area (Å²) in [6.45, 7) is 6.08. The summed E-state index contributed by atoms with van der Waals surface area (Å²) in [5, 5.41) is 12.2. The van der Waals surface area contributed by atoms with Crippen LogP contribution < -0.4 is 5.32 Å². The molecule has 1 heterocycles. The maximum Gasteiger partial charge on any atom is 0.371 e. The molecule has 0 fully saturated rings. The first kappa shape index (κ1) is 14.3. The molecule has 0 amide bonds. The Kier molecular flexibility index (Phi) is 4.25. The van der Waals surface area contributed by atoms with Crippen LogP contribution in [0.5, 0.6) is 0 Å². The molecular weight excluding hydrogens is 254 g/mol. The van der Waals surface area contributed by atoms with Gasteiger partial charge in [0.15, 0.2) is 0 Å². The van der Waals surface area contributed by atoms with Crippen molar-refractivity contribution in [2.45, 2.75) is 32.9 Å². The van der Waals surface area contributed by atoms with E-state index < -0.39 is 5.97 Å². The van der Waals surface area contributed by atoms with Crippen molar-refractivity contribution in [1.82, 2.24) is 5.32 Å². The SMILES string of the molecule is Cc1ccc([C@H](C)NC(C)c2ccc(C(=O)O)o2)cc1. The summed E-state index contributed by atoms with van der Waals surface area (Å²) in [5.41, 5.74) is 2.42. The summed E-state index contributed by atoms with van der Waals surface area (Å²) < 4.78 is 5.30. The van der Waals surface area contributed by atoms with Gasteiger partial charge in [0.25, 0.3) is 0 Å². The van der Waals surface area contributed by atoms with Crippen molar-refractivity contribution >= 4 is 5.97 Å². The molecule has 0 aliphatic heterocycles. The van der Waals surface area contributed by atoms with Crippen molar-refractivity contribution in [3.63, 3.8) is 0 Å². The number of carboxylic acids is 1. The molecule has 4 heteroatoms. The smallest absolute Gasteiger partial charge is 0.371 e. The molecule has 2 rings (SSSR count). The molecular formula is C16H19NO3.